The number of aromatic nitrogens is 1. The Bertz CT molecular complexity index is 1000. The Morgan fingerprint density at radius 1 is 1.27 bits per heavy atom. The number of hydrogen-bond donors (Lipinski definition) is 3. The van der Waals surface area contributed by atoms with Gasteiger partial charge in [-0.3, -0.25) is 9.98 Å². The summed E-state index contributed by atoms with van der Waals surface area (Å²) in [6.07, 6.45) is 0.776. The van der Waals surface area contributed by atoms with E-state index in [0.29, 0.717) is 18.5 Å². The maximum Gasteiger partial charge on any atom is 0.323 e. The fraction of sp³-hybridized carbons (Fsp3) is 0.263. The molecule has 11 heteroatoms. The zero-order valence-corrected chi connectivity index (χ0v) is 15.6. The Morgan fingerprint density at radius 2 is 2.00 bits per heavy atom. The first kappa shape index (κ1) is 22.9. The number of nitrogens with two attached hydrogens (primary N) is 1. The van der Waals surface area contributed by atoms with Crippen molar-refractivity contribution >= 4 is 6.34 Å². The van der Waals surface area contributed by atoms with Crippen LogP contribution in [-0.4, -0.2) is 34.2 Å². The van der Waals surface area contributed by atoms with Crippen LogP contribution in [0.25, 0.3) is 0 Å². The van der Waals surface area contributed by atoms with Crippen molar-refractivity contribution in [2.45, 2.75) is 24.6 Å². The van der Waals surface area contributed by atoms with Gasteiger partial charge in [-0.1, -0.05) is 17.1 Å². The van der Waals surface area contributed by atoms with E-state index in [0.717, 1.165) is 18.3 Å². The van der Waals surface area contributed by atoms with Crippen LogP contribution in [0.1, 0.15) is 23.7 Å². The Morgan fingerprint density at radius 3 is 2.57 bits per heavy atom. The topological polar surface area (TPSA) is 116 Å². The van der Waals surface area contributed by atoms with E-state index in [2.05, 4.69) is 32.2 Å². The number of aliphatic hydroxyl groups excluding tert-OH is 1. The molecule has 0 amide bonds. The number of aliphatic hydroxyl groups is 2. The predicted molar refractivity (Wildman–Crippen MR) is 99.3 cm³/mol. The summed E-state index contributed by atoms with van der Waals surface area (Å²) in [5, 5.41) is 26.0. The summed E-state index contributed by atoms with van der Waals surface area (Å²) in [6.45, 7) is 0.359. The average Bonchev–Trinajstić information content (AvgIpc) is 2.69. The lowest BCUT2D eigenvalue weighted by Gasteiger charge is -2.34. The predicted octanol–water partition coefficient (Wildman–Crippen LogP) is 2.43. The molecule has 1 heterocycles. The molecule has 2 unspecified atom stereocenters. The second-order valence-corrected chi connectivity index (χ2v) is 6.12. The first-order valence-corrected chi connectivity index (χ1v) is 8.42. The van der Waals surface area contributed by atoms with Crippen molar-refractivity contribution in [1.29, 1.82) is 0 Å². The van der Waals surface area contributed by atoms with E-state index >= 15 is 8.78 Å². The third-order valence-corrected chi connectivity index (χ3v) is 3.93. The molecular formula is C19H17F4N5O2. The van der Waals surface area contributed by atoms with Crippen LogP contribution >= 0.6 is 0 Å². The first-order chi connectivity index (χ1) is 14.1. The summed E-state index contributed by atoms with van der Waals surface area (Å²) in [4.78, 5) is 7.10. The summed E-state index contributed by atoms with van der Waals surface area (Å²) >= 11 is 0. The molecule has 2 atom stereocenters. The van der Waals surface area contributed by atoms with Crippen molar-refractivity contribution in [3.8, 4) is 11.8 Å². The molecule has 2 rings (SSSR count). The number of halogens is 4. The fourth-order valence-corrected chi connectivity index (χ4v) is 2.47. The molecule has 0 saturated carbocycles. The van der Waals surface area contributed by atoms with Gasteiger partial charge in [-0.15, -0.1) is 5.11 Å². The Kier molecular flexibility index (Phi) is 7.20. The quantitative estimate of drug-likeness (QED) is 0.126. The maximum atomic E-state index is 15.3. The van der Waals surface area contributed by atoms with Crippen molar-refractivity contribution in [3.05, 3.63) is 65.0 Å². The van der Waals surface area contributed by atoms with Crippen LogP contribution in [0, 0.1) is 23.5 Å². The molecule has 4 N–H and O–H groups in total. The van der Waals surface area contributed by atoms with Gasteiger partial charge in [0.15, 0.2) is 5.60 Å². The summed E-state index contributed by atoms with van der Waals surface area (Å²) in [7, 11) is 0. The van der Waals surface area contributed by atoms with Crippen molar-refractivity contribution in [3.63, 3.8) is 0 Å². The van der Waals surface area contributed by atoms with E-state index in [-0.39, 0.29) is 5.56 Å². The number of nitrogens with zero attached hydrogens (tertiary/aromatic N) is 4. The minimum atomic E-state index is -4.17. The molecule has 7 nitrogen and oxygen atoms in total. The minimum absolute atomic E-state index is 0.230. The van der Waals surface area contributed by atoms with Gasteiger partial charge in [0.05, 0.1) is 6.54 Å². The van der Waals surface area contributed by atoms with Crippen molar-refractivity contribution < 1.29 is 27.8 Å². The first-order valence-electron chi connectivity index (χ1n) is 8.42. The van der Waals surface area contributed by atoms with E-state index in [4.69, 9.17) is 10.9 Å². The van der Waals surface area contributed by atoms with Gasteiger partial charge in [0.25, 0.3) is 0 Å². The number of aliphatic imine (C=N–C) groups is 1. The van der Waals surface area contributed by atoms with E-state index in [9.17, 15) is 13.9 Å². The highest BCUT2D eigenvalue weighted by Crippen LogP contribution is 2.45. The lowest BCUT2D eigenvalue weighted by atomic mass is 9.84. The summed E-state index contributed by atoms with van der Waals surface area (Å²) in [6, 6.07) is 3.87. The van der Waals surface area contributed by atoms with Gasteiger partial charge in [0.1, 0.15) is 29.8 Å². The van der Waals surface area contributed by atoms with Gasteiger partial charge in [-0.05, 0) is 31.2 Å². The van der Waals surface area contributed by atoms with Crippen molar-refractivity contribution in [2.24, 2.45) is 21.2 Å². The van der Waals surface area contributed by atoms with Crippen LogP contribution < -0.4 is 5.84 Å². The standard InChI is InChI=1S/C19H17F4N5O2/c1-12(29)2-3-13-4-7-17(26-9-13)19(22,23)18(30,10-25-11-27-28-24)15-6-5-14(20)8-16(15)21/h4-9,11-12,29-30H,10H2,1H3,(H2,24,25,27). The van der Waals surface area contributed by atoms with Crippen LogP contribution in [0.15, 0.2) is 51.9 Å². The van der Waals surface area contributed by atoms with Gasteiger partial charge in [0, 0.05) is 23.4 Å². The van der Waals surface area contributed by atoms with Crippen LogP contribution in [0.5, 0.6) is 0 Å². The molecule has 1 aromatic heterocycles. The molecule has 0 aliphatic heterocycles. The molecule has 0 fully saturated rings. The van der Waals surface area contributed by atoms with E-state index in [1.54, 1.807) is 0 Å². The second kappa shape index (κ2) is 9.43. The lowest BCUT2D eigenvalue weighted by molar-refractivity contribution is -0.193. The van der Waals surface area contributed by atoms with Crippen molar-refractivity contribution in [2.75, 3.05) is 6.54 Å². The van der Waals surface area contributed by atoms with Gasteiger partial charge >= 0.3 is 5.92 Å². The SMILES string of the molecule is CC(O)C#Cc1ccc(C(F)(F)C(O)(CN=CN=NN)c2ccc(F)cc2F)nc1. The summed E-state index contributed by atoms with van der Waals surface area (Å²) < 4.78 is 58.2. The molecular weight excluding hydrogens is 406 g/mol. The third-order valence-electron chi connectivity index (χ3n) is 3.93. The monoisotopic (exact) mass is 423 g/mol. The summed E-state index contributed by atoms with van der Waals surface area (Å²) in [5.74, 6) is 3.16. The van der Waals surface area contributed by atoms with Crippen LogP contribution in [0.3, 0.4) is 0 Å². The van der Waals surface area contributed by atoms with Gasteiger partial charge in [-0.25, -0.2) is 8.78 Å². The molecule has 0 spiro atoms. The normalized spacial score (nSPS) is 15.0. The Labute approximate surface area is 169 Å². The molecule has 158 valence electrons. The molecule has 0 bridgehead atoms. The lowest BCUT2D eigenvalue weighted by Crippen LogP contribution is -2.47. The van der Waals surface area contributed by atoms with Crippen LogP contribution in [-0.2, 0) is 11.5 Å². The van der Waals surface area contributed by atoms with Gasteiger partial charge in [-0.2, -0.15) is 8.78 Å². The molecule has 0 aliphatic rings. The molecule has 0 saturated heterocycles. The molecule has 30 heavy (non-hydrogen) atoms. The van der Waals surface area contributed by atoms with Gasteiger partial charge in [0.2, 0.25) is 0 Å². The zero-order valence-electron chi connectivity index (χ0n) is 15.6. The van der Waals surface area contributed by atoms with E-state index < -0.39 is 47.1 Å². The zero-order chi connectivity index (χ0) is 22.4. The van der Waals surface area contributed by atoms with Crippen LogP contribution in [0.4, 0.5) is 17.6 Å². The number of rotatable bonds is 6. The molecule has 2 aromatic rings. The third kappa shape index (κ3) is 4.97. The second-order valence-electron chi connectivity index (χ2n) is 6.12. The number of pyridine rings is 1. The average molecular weight is 423 g/mol. The van der Waals surface area contributed by atoms with Crippen LogP contribution in [0.2, 0.25) is 0 Å². The molecule has 0 aliphatic carbocycles. The van der Waals surface area contributed by atoms with E-state index in [1.165, 1.54) is 13.0 Å². The Balaban J connectivity index is 2.54. The largest absolute Gasteiger partial charge is 0.381 e. The number of alkyl halides is 2. The maximum absolute atomic E-state index is 15.3. The smallest absolute Gasteiger partial charge is 0.323 e. The van der Waals surface area contributed by atoms with Crippen molar-refractivity contribution in [1.82, 2.24) is 4.98 Å². The number of hydrogen-bond acceptors (Lipinski definition) is 5. The summed E-state index contributed by atoms with van der Waals surface area (Å²) in [5.41, 5.74) is -4.82. The highest BCUT2D eigenvalue weighted by Gasteiger charge is 2.57. The van der Waals surface area contributed by atoms with Gasteiger partial charge < -0.3 is 16.1 Å². The molecule has 0 radical (unpaired) electrons. The minimum Gasteiger partial charge on any atom is -0.381 e. The van der Waals surface area contributed by atoms with E-state index in [1.807, 2.05) is 0 Å². The highest BCUT2D eigenvalue weighted by molar-refractivity contribution is 5.54. The Hall–Kier alpha value is -3.36. The molecule has 1 aromatic carbocycles. The highest BCUT2D eigenvalue weighted by atomic mass is 19.3. The fourth-order valence-electron chi connectivity index (χ4n) is 2.47. The number of benzene rings is 1.